The molecule has 116 valence electrons. The molecule has 0 radical (unpaired) electrons. The van der Waals surface area contributed by atoms with Crippen LogP contribution in [0, 0.1) is 11.3 Å². The van der Waals surface area contributed by atoms with Crippen LogP contribution in [-0.4, -0.2) is 19.3 Å². The largest absolute Gasteiger partial charge is 0.395 e. The molecular formula is C15H24F3NS. The lowest BCUT2D eigenvalue weighted by Gasteiger charge is -2.25. The van der Waals surface area contributed by atoms with Gasteiger partial charge in [0.15, 0.2) is 0 Å². The lowest BCUT2D eigenvalue weighted by atomic mass is 9.84. The number of halogens is 3. The summed E-state index contributed by atoms with van der Waals surface area (Å²) in [5.41, 5.74) is 0.565. The molecule has 1 nitrogen and oxygen atoms in total. The average molecular weight is 307 g/mol. The Morgan fingerprint density at radius 3 is 2.35 bits per heavy atom. The van der Waals surface area contributed by atoms with Gasteiger partial charge in [0.25, 0.3) is 0 Å². The van der Waals surface area contributed by atoms with Crippen molar-refractivity contribution < 1.29 is 13.2 Å². The summed E-state index contributed by atoms with van der Waals surface area (Å²) < 4.78 is 39.2. The van der Waals surface area contributed by atoms with Crippen molar-refractivity contribution >= 4 is 12.6 Å². The van der Waals surface area contributed by atoms with E-state index in [1.807, 2.05) is 20.8 Å². The maximum atomic E-state index is 13.1. The molecule has 1 aliphatic rings. The van der Waals surface area contributed by atoms with Crippen LogP contribution in [-0.2, 0) is 0 Å². The van der Waals surface area contributed by atoms with Crippen molar-refractivity contribution in [1.29, 1.82) is 0 Å². The van der Waals surface area contributed by atoms with Crippen molar-refractivity contribution in [3.63, 3.8) is 0 Å². The minimum absolute atomic E-state index is 0.0977. The number of alkyl halides is 3. The van der Waals surface area contributed by atoms with Crippen LogP contribution < -0.4 is 5.32 Å². The topological polar surface area (TPSA) is 12.0 Å². The number of nitrogens with one attached hydrogen (secondary N) is 1. The molecule has 0 amide bonds. The van der Waals surface area contributed by atoms with Gasteiger partial charge in [0.2, 0.25) is 0 Å². The monoisotopic (exact) mass is 307 g/mol. The number of allylic oxidation sites excluding steroid dienone is 2. The second kappa shape index (κ2) is 7.03. The van der Waals surface area contributed by atoms with Gasteiger partial charge in [0.1, 0.15) is 0 Å². The van der Waals surface area contributed by atoms with Gasteiger partial charge in [0, 0.05) is 0 Å². The maximum absolute atomic E-state index is 13.1. The zero-order chi connectivity index (χ0) is 15.4. The first-order chi connectivity index (χ1) is 9.09. The minimum Gasteiger partial charge on any atom is -0.316 e. The zero-order valence-corrected chi connectivity index (χ0v) is 13.2. The first-order valence-corrected chi connectivity index (χ1v) is 7.41. The molecular weight excluding hydrogens is 283 g/mol. The van der Waals surface area contributed by atoms with Crippen molar-refractivity contribution in [3.8, 4) is 0 Å². The van der Waals surface area contributed by atoms with Crippen LogP contribution in [0.1, 0.15) is 40.0 Å². The van der Waals surface area contributed by atoms with Crippen LogP contribution in [0.4, 0.5) is 13.2 Å². The fraction of sp³-hybridized carbons (Fsp3) is 0.733. The molecule has 1 heterocycles. The molecule has 1 N–H and O–H groups in total. The van der Waals surface area contributed by atoms with Gasteiger partial charge in [-0.2, -0.15) is 13.2 Å². The Morgan fingerprint density at radius 1 is 1.20 bits per heavy atom. The molecule has 0 saturated heterocycles. The highest BCUT2D eigenvalue weighted by atomic mass is 32.1. The van der Waals surface area contributed by atoms with Gasteiger partial charge in [-0.25, -0.2) is 0 Å². The summed E-state index contributed by atoms with van der Waals surface area (Å²) in [6, 6.07) is 0. The van der Waals surface area contributed by atoms with Crippen LogP contribution >= 0.6 is 12.6 Å². The highest BCUT2D eigenvalue weighted by molar-refractivity contribution is 7.84. The summed E-state index contributed by atoms with van der Waals surface area (Å²) in [6.45, 7) is 7.12. The zero-order valence-electron chi connectivity index (χ0n) is 12.3. The Kier molecular flexibility index (Phi) is 6.20. The summed E-state index contributed by atoms with van der Waals surface area (Å²) in [5, 5.41) is 3.22. The number of rotatable bonds is 3. The summed E-state index contributed by atoms with van der Waals surface area (Å²) in [5.74, 6) is -1.40. The minimum atomic E-state index is -4.19. The van der Waals surface area contributed by atoms with Gasteiger partial charge in [-0.15, -0.1) is 12.6 Å². The van der Waals surface area contributed by atoms with Gasteiger partial charge < -0.3 is 5.32 Å². The van der Waals surface area contributed by atoms with E-state index in [1.165, 1.54) is 6.08 Å². The predicted molar refractivity (Wildman–Crippen MR) is 80.9 cm³/mol. The van der Waals surface area contributed by atoms with Gasteiger partial charge >= 0.3 is 6.18 Å². The number of hydrogen-bond acceptors (Lipinski definition) is 2. The van der Waals surface area contributed by atoms with E-state index in [2.05, 4.69) is 17.9 Å². The third-order valence-electron chi connectivity index (χ3n) is 3.26. The van der Waals surface area contributed by atoms with Crippen molar-refractivity contribution in [2.45, 2.75) is 46.2 Å². The predicted octanol–water partition coefficient (Wildman–Crippen LogP) is 4.72. The van der Waals surface area contributed by atoms with Gasteiger partial charge in [-0.3, -0.25) is 0 Å². The summed E-state index contributed by atoms with van der Waals surface area (Å²) in [7, 11) is 0. The average Bonchev–Trinajstić information content (AvgIpc) is 2.46. The Bertz CT molecular complexity index is 378. The third-order valence-corrected chi connectivity index (χ3v) is 3.77. The van der Waals surface area contributed by atoms with Crippen molar-refractivity contribution in [2.75, 3.05) is 13.1 Å². The summed E-state index contributed by atoms with van der Waals surface area (Å²) >= 11 is 4.39. The smallest absolute Gasteiger partial charge is 0.316 e. The molecule has 0 fully saturated rings. The lowest BCUT2D eigenvalue weighted by Crippen LogP contribution is -2.26. The van der Waals surface area contributed by atoms with Crippen LogP contribution in [0.15, 0.2) is 22.6 Å². The Labute approximate surface area is 125 Å². The Balaban J connectivity index is 2.86. The molecule has 1 atom stereocenters. The van der Waals surface area contributed by atoms with Gasteiger partial charge in [0.05, 0.1) is 5.92 Å². The SMILES string of the molecule is CC(C)(C)CC(/C=C/C1=C(S)CCNCC1)C(F)(F)F. The highest BCUT2D eigenvalue weighted by Gasteiger charge is 2.39. The van der Waals surface area contributed by atoms with Gasteiger partial charge in [-0.1, -0.05) is 32.9 Å². The van der Waals surface area contributed by atoms with E-state index < -0.39 is 12.1 Å². The molecule has 0 saturated carbocycles. The van der Waals surface area contributed by atoms with Crippen LogP contribution in [0.2, 0.25) is 0 Å². The van der Waals surface area contributed by atoms with Crippen molar-refractivity contribution in [3.05, 3.63) is 22.6 Å². The van der Waals surface area contributed by atoms with E-state index >= 15 is 0 Å². The molecule has 0 spiro atoms. The van der Waals surface area contributed by atoms with E-state index in [-0.39, 0.29) is 11.8 Å². The summed E-state index contributed by atoms with van der Waals surface area (Å²) in [6.07, 6.45) is 0.347. The van der Waals surface area contributed by atoms with Gasteiger partial charge in [-0.05, 0) is 48.2 Å². The second-order valence-corrected chi connectivity index (χ2v) is 7.03. The Morgan fingerprint density at radius 2 is 1.80 bits per heavy atom. The van der Waals surface area contributed by atoms with Crippen molar-refractivity contribution in [2.24, 2.45) is 11.3 Å². The highest BCUT2D eigenvalue weighted by Crippen LogP contribution is 2.37. The standard InChI is InChI=1S/C15H24F3NS/c1-14(2,3)10-12(15(16,17)18)5-4-11-6-8-19-9-7-13(11)20/h4-5,12,19-20H,6-10H2,1-3H3/b5-4+. The number of hydrogen-bond donors (Lipinski definition) is 2. The molecule has 0 aromatic carbocycles. The molecule has 1 unspecified atom stereocenters. The molecule has 20 heavy (non-hydrogen) atoms. The third kappa shape index (κ3) is 6.35. The molecule has 0 aromatic rings. The van der Waals surface area contributed by atoms with Crippen molar-refractivity contribution in [1.82, 2.24) is 5.32 Å². The normalized spacial score (nSPS) is 20.4. The Hall–Kier alpha value is -0.420. The van der Waals surface area contributed by atoms with E-state index in [9.17, 15) is 13.2 Å². The molecule has 0 aliphatic carbocycles. The van der Waals surface area contributed by atoms with E-state index in [4.69, 9.17) is 0 Å². The quantitative estimate of drug-likeness (QED) is 0.719. The number of thiol groups is 1. The maximum Gasteiger partial charge on any atom is 0.395 e. The molecule has 1 aliphatic heterocycles. The molecule has 5 heteroatoms. The van der Waals surface area contributed by atoms with E-state index in [0.717, 1.165) is 36.4 Å². The summed E-state index contributed by atoms with van der Waals surface area (Å²) in [4.78, 5) is 0.892. The lowest BCUT2D eigenvalue weighted by molar-refractivity contribution is -0.167. The van der Waals surface area contributed by atoms with Crippen LogP contribution in [0.25, 0.3) is 0 Å². The molecule has 0 bridgehead atoms. The van der Waals surface area contributed by atoms with Crippen LogP contribution in [0.3, 0.4) is 0 Å². The van der Waals surface area contributed by atoms with Crippen LogP contribution in [0.5, 0.6) is 0 Å². The first kappa shape index (κ1) is 17.6. The fourth-order valence-corrected chi connectivity index (χ4v) is 2.52. The van der Waals surface area contributed by atoms with E-state index in [0.29, 0.717) is 0 Å². The molecule has 0 aromatic heterocycles. The second-order valence-electron chi connectivity index (χ2n) is 6.49. The first-order valence-electron chi connectivity index (χ1n) is 6.96. The molecule has 1 rings (SSSR count). The fourth-order valence-electron chi connectivity index (χ4n) is 2.22. The van der Waals surface area contributed by atoms with E-state index in [1.54, 1.807) is 6.08 Å².